The number of aromatic hydroxyl groups is 2. The Balaban J connectivity index is 2.03. The van der Waals surface area contributed by atoms with Crippen LogP contribution in [0.25, 0.3) is 0 Å². The van der Waals surface area contributed by atoms with Crippen molar-refractivity contribution in [3.8, 4) is 11.5 Å². The average molecular weight is 373 g/mol. The second-order valence-corrected chi connectivity index (χ2v) is 5.75. The van der Waals surface area contributed by atoms with Gasteiger partial charge < -0.3 is 10.2 Å². The zero-order valence-electron chi connectivity index (χ0n) is 13.8. The van der Waals surface area contributed by atoms with E-state index in [1.165, 1.54) is 53.4 Å². The number of rotatable bonds is 3. The van der Waals surface area contributed by atoms with Crippen LogP contribution in [-0.4, -0.2) is 16.1 Å². The lowest BCUT2D eigenvalue weighted by molar-refractivity contribution is -0.137. The number of anilines is 2. The van der Waals surface area contributed by atoms with Crippen molar-refractivity contribution in [2.24, 2.45) is 0 Å². The monoisotopic (exact) mass is 373 g/mol. The zero-order chi connectivity index (χ0) is 19.6. The van der Waals surface area contributed by atoms with Crippen molar-refractivity contribution in [1.29, 1.82) is 0 Å². The lowest BCUT2D eigenvalue weighted by atomic mass is 10.1. The minimum atomic E-state index is -4.49. The Morgan fingerprint density at radius 1 is 0.704 bits per heavy atom. The number of carbonyl (C=O) groups is 1. The van der Waals surface area contributed by atoms with Crippen LogP contribution in [0, 0.1) is 0 Å². The number of phenolic OH excluding ortho intramolecular Hbond substituents is 2. The van der Waals surface area contributed by atoms with Gasteiger partial charge in [-0.15, -0.1) is 0 Å². The Bertz CT molecular complexity index is 889. The zero-order valence-corrected chi connectivity index (χ0v) is 13.8. The summed E-state index contributed by atoms with van der Waals surface area (Å²) < 4.78 is 38.2. The van der Waals surface area contributed by atoms with Gasteiger partial charge in [-0.05, 0) is 72.8 Å². The SMILES string of the molecule is O=C(c1ccc(C(F)(F)F)cc1)N(c1ccc(O)cc1)c1ccc(O)cc1. The highest BCUT2D eigenvalue weighted by atomic mass is 19.4. The van der Waals surface area contributed by atoms with Crippen LogP contribution in [0.4, 0.5) is 24.5 Å². The molecule has 0 saturated heterocycles. The quantitative estimate of drug-likeness (QED) is 0.672. The summed E-state index contributed by atoms with van der Waals surface area (Å²) in [6, 6.07) is 15.5. The van der Waals surface area contributed by atoms with Crippen LogP contribution in [-0.2, 0) is 6.18 Å². The topological polar surface area (TPSA) is 60.8 Å². The third-order valence-electron chi connectivity index (χ3n) is 3.88. The maximum Gasteiger partial charge on any atom is 0.416 e. The molecular formula is C20H14F3NO3. The fourth-order valence-corrected chi connectivity index (χ4v) is 2.52. The Morgan fingerprint density at radius 2 is 1.11 bits per heavy atom. The van der Waals surface area contributed by atoms with Crippen LogP contribution in [0.3, 0.4) is 0 Å². The molecule has 0 aromatic heterocycles. The number of nitrogens with zero attached hydrogens (tertiary/aromatic N) is 1. The van der Waals surface area contributed by atoms with Crippen LogP contribution in [0.15, 0.2) is 72.8 Å². The molecule has 0 aliphatic carbocycles. The first kappa shape index (κ1) is 18.3. The van der Waals surface area contributed by atoms with E-state index in [4.69, 9.17) is 0 Å². The van der Waals surface area contributed by atoms with E-state index in [0.717, 1.165) is 24.3 Å². The highest BCUT2D eigenvalue weighted by Gasteiger charge is 2.30. The number of benzene rings is 3. The summed E-state index contributed by atoms with van der Waals surface area (Å²) in [5.74, 6) is -0.544. The van der Waals surface area contributed by atoms with Gasteiger partial charge >= 0.3 is 6.18 Å². The Hall–Kier alpha value is -3.48. The molecule has 138 valence electrons. The van der Waals surface area contributed by atoms with Crippen molar-refractivity contribution in [3.63, 3.8) is 0 Å². The molecule has 0 atom stereocenters. The fraction of sp³-hybridized carbons (Fsp3) is 0.0500. The molecule has 0 fully saturated rings. The third-order valence-corrected chi connectivity index (χ3v) is 3.88. The van der Waals surface area contributed by atoms with Gasteiger partial charge in [-0.2, -0.15) is 13.2 Å². The lowest BCUT2D eigenvalue weighted by Crippen LogP contribution is -2.26. The highest BCUT2D eigenvalue weighted by molar-refractivity contribution is 6.10. The first-order chi connectivity index (χ1) is 12.8. The van der Waals surface area contributed by atoms with Crippen LogP contribution in [0.5, 0.6) is 11.5 Å². The van der Waals surface area contributed by atoms with E-state index in [-0.39, 0.29) is 17.1 Å². The Kier molecular flexibility index (Phi) is 4.77. The van der Waals surface area contributed by atoms with Gasteiger partial charge in [0.1, 0.15) is 11.5 Å². The maximum absolute atomic E-state index is 13.0. The number of alkyl halides is 3. The molecule has 0 spiro atoms. The van der Waals surface area contributed by atoms with Gasteiger partial charge in [0, 0.05) is 16.9 Å². The molecular weight excluding hydrogens is 359 g/mol. The van der Waals surface area contributed by atoms with Crippen LogP contribution in [0.2, 0.25) is 0 Å². The molecule has 1 amide bonds. The van der Waals surface area contributed by atoms with Crippen molar-refractivity contribution >= 4 is 17.3 Å². The van der Waals surface area contributed by atoms with Gasteiger partial charge in [-0.1, -0.05) is 0 Å². The second kappa shape index (κ2) is 7.03. The molecule has 0 bridgehead atoms. The number of hydrogen-bond donors (Lipinski definition) is 2. The summed E-state index contributed by atoms with van der Waals surface area (Å²) >= 11 is 0. The first-order valence-electron chi connectivity index (χ1n) is 7.85. The minimum Gasteiger partial charge on any atom is -0.508 e. The number of phenols is 2. The van der Waals surface area contributed by atoms with E-state index in [0.29, 0.717) is 11.4 Å². The standard InChI is InChI=1S/C20H14F3NO3/c21-20(22,23)14-3-1-13(2-4-14)19(27)24(15-5-9-17(25)10-6-15)16-7-11-18(26)12-8-16/h1-12,25-26H. The fourth-order valence-electron chi connectivity index (χ4n) is 2.52. The van der Waals surface area contributed by atoms with Crippen LogP contribution in [0.1, 0.15) is 15.9 Å². The van der Waals surface area contributed by atoms with Gasteiger partial charge in [-0.25, -0.2) is 0 Å². The lowest BCUT2D eigenvalue weighted by Gasteiger charge is -2.23. The smallest absolute Gasteiger partial charge is 0.416 e. The molecule has 7 heteroatoms. The van der Waals surface area contributed by atoms with Gasteiger partial charge in [0.15, 0.2) is 0 Å². The average Bonchev–Trinajstić information content (AvgIpc) is 2.64. The molecule has 0 unspecified atom stereocenters. The molecule has 3 aromatic rings. The molecule has 3 rings (SSSR count). The van der Waals surface area contributed by atoms with E-state index < -0.39 is 17.6 Å². The highest BCUT2D eigenvalue weighted by Crippen LogP contribution is 2.32. The van der Waals surface area contributed by atoms with E-state index in [9.17, 15) is 28.2 Å². The Labute approximate surface area is 152 Å². The van der Waals surface area contributed by atoms with Crippen molar-refractivity contribution in [1.82, 2.24) is 0 Å². The molecule has 2 N–H and O–H groups in total. The van der Waals surface area contributed by atoms with E-state index in [2.05, 4.69) is 0 Å². The third kappa shape index (κ3) is 4.03. The van der Waals surface area contributed by atoms with E-state index in [1.54, 1.807) is 0 Å². The van der Waals surface area contributed by atoms with Crippen molar-refractivity contribution in [2.75, 3.05) is 4.90 Å². The van der Waals surface area contributed by atoms with Crippen molar-refractivity contribution in [2.45, 2.75) is 6.18 Å². The number of hydrogen-bond acceptors (Lipinski definition) is 3. The molecule has 27 heavy (non-hydrogen) atoms. The predicted octanol–water partition coefficient (Wildman–Crippen LogP) is 5.10. The minimum absolute atomic E-state index is 0.00591. The molecule has 0 heterocycles. The first-order valence-corrected chi connectivity index (χ1v) is 7.85. The normalized spacial score (nSPS) is 11.2. The molecule has 0 aliphatic heterocycles. The number of carbonyl (C=O) groups excluding carboxylic acids is 1. The van der Waals surface area contributed by atoms with E-state index in [1.807, 2.05) is 0 Å². The summed E-state index contributed by atoms with van der Waals surface area (Å²) in [5, 5.41) is 18.9. The van der Waals surface area contributed by atoms with Crippen molar-refractivity contribution < 1.29 is 28.2 Å². The molecule has 0 saturated carbocycles. The Morgan fingerprint density at radius 3 is 1.48 bits per heavy atom. The van der Waals surface area contributed by atoms with Crippen molar-refractivity contribution in [3.05, 3.63) is 83.9 Å². The summed E-state index contributed by atoms with van der Waals surface area (Å²) in [6.07, 6.45) is -4.49. The summed E-state index contributed by atoms with van der Waals surface area (Å²) in [7, 11) is 0. The number of amides is 1. The van der Waals surface area contributed by atoms with Gasteiger partial charge in [-0.3, -0.25) is 9.69 Å². The van der Waals surface area contributed by atoms with Gasteiger partial charge in [0.25, 0.3) is 5.91 Å². The summed E-state index contributed by atoms with van der Waals surface area (Å²) in [6.45, 7) is 0. The maximum atomic E-state index is 13.0. The summed E-state index contributed by atoms with van der Waals surface area (Å²) in [5.41, 5.74) is 0.0239. The van der Waals surface area contributed by atoms with Crippen LogP contribution >= 0.6 is 0 Å². The molecule has 4 nitrogen and oxygen atoms in total. The van der Waals surface area contributed by atoms with Crippen LogP contribution < -0.4 is 4.90 Å². The molecule has 3 aromatic carbocycles. The van der Waals surface area contributed by atoms with Gasteiger partial charge in [0.05, 0.1) is 5.56 Å². The van der Waals surface area contributed by atoms with E-state index >= 15 is 0 Å². The number of halogens is 3. The predicted molar refractivity (Wildman–Crippen MR) is 94.1 cm³/mol. The van der Waals surface area contributed by atoms with Gasteiger partial charge in [0.2, 0.25) is 0 Å². The largest absolute Gasteiger partial charge is 0.508 e. The second-order valence-electron chi connectivity index (χ2n) is 5.75. The summed E-state index contributed by atoms with van der Waals surface area (Å²) in [4.78, 5) is 14.3. The molecule has 0 aliphatic rings. The molecule has 0 radical (unpaired) electrons.